The third-order valence-electron chi connectivity index (χ3n) is 7.16. The molecule has 1 N–H and O–H groups in total. The van der Waals surface area contributed by atoms with Gasteiger partial charge in [-0.2, -0.15) is 0 Å². The van der Waals surface area contributed by atoms with Crippen LogP contribution in [0.15, 0.2) is 0 Å². The first-order valence-electron chi connectivity index (χ1n) is 9.83. The summed E-state index contributed by atoms with van der Waals surface area (Å²) in [7, 11) is 0. The lowest BCUT2D eigenvalue weighted by Crippen LogP contribution is -2.37. The van der Waals surface area contributed by atoms with Crippen molar-refractivity contribution >= 4 is 5.97 Å². The molecule has 3 rings (SSSR count). The highest BCUT2D eigenvalue weighted by atomic mass is 16.5. The van der Waals surface area contributed by atoms with Crippen LogP contribution >= 0.6 is 0 Å². The molecule has 0 aromatic rings. The van der Waals surface area contributed by atoms with Gasteiger partial charge in [-0.15, -0.1) is 0 Å². The van der Waals surface area contributed by atoms with E-state index >= 15 is 0 Å². The van der Waals surface area contributed by atoms with Crippen molar-refractivity contribution in [3.8, 4) is 0 Å². The molecule has 3 fully saturated rings. The fraction of sp³-hybridized carbons (Fsp3) is 0.950. The minimum Gasteiger partial charge on any atom is -0.463 e. The molecule has 0 saturated heterocycles. The van der Waals surface area contributed by atoms with E-state index in [1.807, 2.05) is 13.8 Å². The molecule has 0 heterocycles. The number of carbonyl (C=O) groups is 1. The third kappa shape index (κ3) is 3.06. The van der Waals surface area contributed by atoms with Crippen molar-refractivity contribution in [1.82, 2.24) is 0 Å². The first kappa shape index (κ1) is 17.3. The molecule has 0 spiro atoms. The lowest BCUT2D eigenvalue weighted by Gasteiger charge is -2.37. The number of carbonyl (C=O) groups excluding carboxylic acids is 1. The van der Waals surface area contributed by atoms with E-state index in [2.05, 4.69) is 13.8 Å². The van der Waals surface area contributed by atoms with E-state index in [0.717, 1.165) is 36.0 Å². The predicted octanol–water partition coefficient (Wildman–Crippen LogP) is 4.03. The first-order valence-corrected chi connectivity index (χ1v) is 9.83. The van der Waals surface area contributed by atoms with E-state index in [1.165, 1.54) is 25.7 Å². The Morgan fingerprint density at radius 2 is 1.74 bits per heavy atom. The summed E-state index contributed by atoms with van der Waals surface area (Å²) in [4.78, 5) is 11.9. The summed E-state index contributed by atoms with van der Waals surface area (Å²) in [6.07, 6.45) is 6.00. The van der Waals surface area contributed by atoms with Gasteiger partial charge in [-0.1, -0.05) is 26.7 Å². The Morgan fingerprint density at radius 1 is 1.09 bits per heavy atom. The van der Waals surface area contributed by atoms with Gasteiger partial charge in [0.1, 0.15) is 0 Å². The Hall–Kier alpha value is -0.570. The van der Waals surface area contributed by atoms with Crippen LogP contribution in [0.1, 0.15) is 66.2 Å². The van der Waals surface area contributed by atoms with Crippen molar-refractivity contribution in [2.45, 2.75) is 78.4 Å². The van der Waals surface area contributed by atoms with Crippen LogP contribution in [0, 0.1) is 41.4 Å². The van der Waals surface area contributed by atoms with Gasteiger partial charge < -0.3 is 9.84 Å². The van der Waals surface area contributed by atoms with Gasteiger partial charge in [0.25, 0.3) is 0 Å². The van der Waals surface area contributed by atoms with Gasteiger partial charge in [-0.05, 0) is 74.5 Å². The lowest BCUT2D eigenvalue weighted by molar-refractivity contribution is -0.151. The molecular weight excluding hydrogens is 288 g/mol. The monoisotopic (exact) mass is 322 g/mol. The summed E-state index contributed by atoms with van der Waals surface area (Å²) < 4.78 is 5.22. The van der Waals surface area contributed by atoms with E-state index in [0.29, 0.717) is 11.8 Å². The van der Waals surface area contributed by atoms with Gasteiger partial charge in [0.15, 0.2) is 0 Å². The SMILES string of the molecule is CCC1CC(CC)C2C3CC(CC3C(O)CC(=O)OC(C)C)C12. The highest BCUT2D eigenvalue weighted by Gasteiger charge is 2.60. The fourth-order valence-corrected chi connectivity index (χ4v) is 6.52. The first-order chi connectivity index (χ1) is 11.0. The molecule has 132 valence electrons. The van der Waals surface area contributed by atoms with Crippen LogP contribution in [0.4, 0.5) is 0 Å². The molecule has 3 aliphatic rings. The minimum atomic E-state index is -0.504. The Balaban J connectivity index is 1.66. The number of aliphatic hydroxyl groups is 1. The van der Waals surface area contributed by atoms with Gasteiger partial charge in [-0.25, -0.2) is 0 Å². The minimum absolute atomic E-state index is 0.0938. The number of rotatable bonds is 6. The molecule has 0 aromatic heterocycles. The molecule has 3 heteroatoms. The fourth-order valence-electron chi connectivity index (χ4n) is 6.52. The Morgan fingerprint density at radius 3 is 2.35 bits per heavy atom. The highest BCUT2D eigenvalue weighted by Crippen LogP contribution is 2.66. The summed E-state index contributed by atoms with van der Waals surface area (Å²) in [5.41, 5.74) is 0. The Kier molecular flexibility index (Phi) is 5.06. The summed E-state index contributed by atoms with van der Waals surface area (Å²) in [6, 6.07) is 0. The maximum absolute atomic E-state index is 11.9. The summed E-state index contributed by atoms with van der Waals surface area (Å²) >= 11 is 0. The van der Waals surface area contributed by atoms with E-state index in [9.17, 15) is 9.90 Å². The third-order valence-corrected chi connectivity index (χ3v) is 7.16. The molecule has 23 heavy (non-hydrogen) atoms. The smallest absolute Gasteiger partial charge is 0.308 e. The molecular formula is C20H34O3. The van der Waals surface area contributed by atoms with Crippen molar-refractivity contribution in [3.05, 3.63) is 0 Å². The standard InChI is InChI=1S/C20H34O3/c1-5-12-7-13(6-2)20-16-9-14(19(12)20)8-15(16)17(21)10-18(22)23-11(3)4/h11-17,19-21H,5-10H2,1-4H3. The van der Waals surface area contributed by atoms with Crippen LogP contribution in [0.5, 0.6) is 0 Å². The number of aliphatic hydroxyl groups excluding tert-OH is 1. The zero-order chi connectivity index (χ0) is 16.7. The van der Waals surface area contributed by atoms with Crippen LogP contribution in [0.25, 0.3) is 0 Å². The summed E-state index contributed by atoms with van der Waals surface area (Å²) in [5, 5.41) is 10.7. The van der Waals surface area contributed by atoms with Crippen molar-refractivity contribution < 1.29 is 14.6 Å². The number of hydrogen-bond acceptors (Lipinski definition) is 3. The lowest BCUT2D eigenvalue weighted by atomic mass is 9.69. The topological polar surface area (TPSA) is 46.5 Å². The van der Waals surface area contributed by atoms with Crippen molar-refractivity contribution in [1.29, 1.82) is 0 Å². The maximum Gasteiger partial charge on any atom is 0.308 e. The average molecular weight is 322 g/mol. The maximum atomic E-state index is 11.9. The molecule has 2 bridgehead atoms. The molecule has 8 atom stereocenters. The van der Waals surface area contributed by atoms with Crippen LogP contribution in [-0.2, 0) is 9.53 Å². The second kappa shape index (κ2) is 6.74. The summed E-state index contributed by atoms with van der Waals surface area (Å²) in [5.74, 6) is 5.00. The second-order valence-electron chi connectivity index (χ2n) is 8.60. The molecule has 8 unspecified atom stereocenters. The van der Waals surface area contributed by atoms with Crippen LogP contribution in [0.3, 0.4) is 0 Å². The highest BCUT2D eigenvalue weighted by molar-refractivity contribution is 5.70. The number of hydrogen-bond donors (Lipinski definition) is 1. The molecule has 3 nitrogen and oxygen atoms in total. The van der Waals surface area contributed by atoms with E-state index in [1.54, 1.807) is 0 Å². The Bertz CT molecular complexity index is 433. The van der Waals surface area contributed by atoms with Crippen molar-refractivity contribution in [2.24, 2.45) is 41.4 Å². The quantitative estimate of drug-likeness (QED) is 0.751. The summed E-state index contributed by atoms with van der Waals surface area (Å²) in [6.45, 7) is 8.40. The molecule has 3 saturated carbocycles. The van der Waals surface area contributed by atoms with E-state index in [4.69, 9.17) is 4.74 Å². The van der Waals surface area contributed by atoms with Gasteiger partial charge in [-0.3, -0.25) is 4.79 Å². The molecule has 0 radical (unpaired) electrons. The van der Waals surface area contributed by atoms with Gasteiger partial charge in [0, 0.05) is 0 Å². The number of ether oxygens (including phenoxy) is 1. The van der Waals surface area contributed by atoms with Crippen molar-refractivity contribution in [2.75, 3.05) is 0 Å². The average Bonchev–Trinajstić information content (AvgIpc) is 3.15. The van der Waals surface area contributed by atoms with E-state index < -0.39 is 6.10 Å². The van der Waals surface area contributed by atoms with Gasteiger partial charge >= 0.3 is 5.97 Å². The van der Waals surface area contributed by atoms with Crippen LogP contribution in [-0.4, -0.2) is 23.3 Å². The van der Waals surface area contributed by atoms with Gasteiger partial charge in [0.2, 0.25) is 0 Å². The molecule has 3 aliphatic carbocycles. The molecule has 0 amide bonds. The zero-order valence-corrected chi connectivity index (χ0v) is 15.2. The predicted molar refractivity (Wildman–Crippen MR) is 90.7 cm³/mol. The zero-order valence-electron chi connectivity index (χ0n) is 15.2. The number of esters is 1. The van der Waals surface area contributed by atoms with E-state index in [-0.39, 0.29) is 18.5 Å². The van der Waals surface area contributed by atoms with Crippen LogP contribution in [0.2, 0.25) is 0 Å². The number of fused-ring (bicyclic) bond motifs is 5. The normalized spacial score (nSPS) is 43.0. The molecule has 0 aliphatic heterocycles. The van der Waals surface area contributed by atoms with Crippen molar-refractivity contribution in [3.63, 3.8) is 0 Å². The second-order valence-corrected chi connectivity index (χ2v) is 8.60. The largest absolute Gasteiger partial charge is 0.463 e. The molecule has 0 aromatic carbocycles. The Labute approximate surface area is 141 Å². The van der Waals surface area contributed by atoms with Crippen LogP contribution < -0.4 is 0 Å². The van der Waals surface area contributed by atoms with Gasteiger partial charge in [0.05, 0.1) is 18.6 Å².